The first-order chi connectivity index (χ1) is 23.1. The number of hydrogen-bond donors (Lipinski definition) is 3. The molecule has 0 radical (unpaired) electrons. The van der Waals surface area contributed by atoms with Crippen LogP contribution in [-0.2, 0) is 15.8 Å². The third-order valence-electron chi connectivity index (χ3n) is 6.78. The number of nitrogens with zero attached hydrogens (tertiary/aromatic N) is 1. The minimum absolute atomic E-state index is 0.0171. The van der Waals surface area contributed by atoms with Gasteiger partial charge in [-0.3, -0.25) is 19.4 Å². The molecule has 3 amide bonds. The van der Waals surface area contributed by atoms with Gasteiger partial charge in [-0.25, -0.2) is 0 Å². The SMILES string of the molecule is O=C(Nc1ccc(SC(C(=O)Nc2ccc(Cl)cc2C(F)(F)F)c2ccccc2)cc1)/C(=C/c1cccnc1)NC(=O)c1ccccc1. The van der Waals surface area contributed by atoms with Crippen LogP contribution in [0.5, 0.6) is 0 Å². The highest BCUT2D eigenvalue weighted by atomic mass is 35.5. The second kappa shape index (κ2) is 15.5. The Hall–Kier alpha value is -5.39. The fraction of sp³-hybridized carbons (Fsp3) is 0.0556. The average molecular weight is 687 g/mol. The highest BCUT2D eigenvalue weighted by molar-refractivity contribution is 8.00. The lowest BCUT2D eigenvalue weighted by Gasteiger charge is -2.20. The molecule has 242 valence electrons. The number of rotatable bonds is 10. The number of benzene rings is 4. The number of hydrogen-bond acceptors (Lipinski definition) is 5. The van der Waals surface area contributed by atoms with Crippen molar-refractivity contribution in [3.8, 4) is 0 Å². The van der Waals surface area contributed by atoms with E-state index in [0.29, 0.717) is 27.3 Å². The summed E-state index contributed by atoms with van der Waals surface area (Å²) in [6.07, 6.45) is -0.102. The van der Waals surface area contributed by atoms with Gasteiger partial charge >= 0.3 is 6.18 Å². The van der Waals surface area contributed by atoms with Gasteiger partial charge in [-0.15, -0.1) is 11.8 Å². The van der Waals surface area contributed by atoms with Gasteiger partial charge in [0.2, 0.25) is 5.91 Å². The van der Waals surface area contributed by atoms with Crippen LogP contribution in [0.2, 0.25) is 5.02 Å². The quantitative estimate of drug-likeness (QED) is 0.101. The van der Waals surface area contributed by atoms with Crippen LogP contribution in [0.4, 0.5) is 24.5 Å². The Morgan fingerprint density at radius 3 is 2.15 bits per heavy atom. The molecule has 0 aliphatic heterocycles. The Morgan fingerprint density at radius 1 is 0.812 bits per heavy atom. The molecular weight excluding hydrogens is 661 g/mol. The maximum atomic E-state index is 13.7. The Bertz CT molecular complexity index is 1930. The van der Waals surface area contributed by atoms with Crippen molar-refractivity contribution in [3.05, 3.63) is 161 Å². The molecule has 1 unspecified atom stereocenters. The van der Waals surface area contributed by atoms with E-state index in [1.54, 1.807) is 109 Å². The van der Waals surface area contributed by atoms with E-state index in [1.165, 1.54) is 12.1 Å². The largest absolute Gasteiger partial charge is 0.418 e. The third-order valence-corrected chi connectivity index (χ3v) is 8.28. The van der Waals surface area contributed by atoms with Crippen molar-refractivity contribution in [2.45, 2.75) is 16.3 Å². The van der Waals surface area contributed by atoms with Crippen LogP contribution < -0.4 is 16.0 Å². The summed E-state index contributed by atoms with van der Waals surface area (Å²) >= 11 is 6.92. The van der Waals surface area contributed by atoms with Gasteiger partial charge in [0.1, 0.15) is 10.9 Å². The maximum Gasteiger partial charge on any atom is 0.418 e. The van der Waals surface area contributed by atoms with Crippen molar-refractivity contribution in [1.82, 2.24) is 10.3 Å². The molecule has 1 atom stereocenters. The Labute approximate surface area is 283 Å². The van der Waals surface area contributed by atoms with Gasteiger partial charge in [0.25, 0.3) is 11.8 Å². The summed E-state index contributed by atoms with van der Waals surface area (Å²) in [4.78, 5) is 44.4. The van der Waals surface area contributed by atoms with Gasteiger partial charge in [0.05, 0.1) is 11.3 Å². The van der Waals surface area contributed by atoms with Crippen LogP contribution in [0.3, 0.4) is 0 Å². The minimum Gasteiger partial charge on any atom is -0.324 e. The standard InChI is InChI=1S/C36H26ClF3N4O3S/c37-26-13-18-30(29(21-26)36(38,39)40)43-35(47)32(24-9-3-1-4-10-24)48-28-16-14-27(15-17-28)42-34(46)31(20-23-8-7-19-41-22-23)44-33(45)25-11-5-2-6-12-25/h1-22,32H,(H,42,46)(H,43,47)(H,44,45)/b31-20-. The van der Waals surface area contributed by atoms with E-state index in [2.05, 4.69) is 20.9 Å². The van der Waals surface area contributed by atoms with Gasteiger partial charge < -0.3 is 16.0 Å². The number of aromatic nitrogens is 1. The summed E-state index contributed by atoms with van der Waals surface area (Å²) in [5.41, 5.74) is 0.437. The zero-order chi connectivity index (χ0) is 34.1. The predicted octanol–water partition coefficient (Wildman–Crippen LogP) is 8.64. The van der Waals surface area contributed by atoms with Gasteiger partial charge in [0.15, 0.2) is 0 Å². The molecule has 0 bridgehead atoms. The monoisotopic (exact) mass is 686 g/mol. The van der Waals surface area contributed by atoms with Gasteiger partial charge in [0, 0.05) is 33.6 Å². The lowest BCUT2D eigenvalue weighted by Crippen LogP contribution is -2.30. The zero-order valence-electron chi connectivity index (χ0n) is 24.9. The highest BCUT2D eigenvalue weighted by Crippen LogP contribution is 2.40. The number of halogens is 4. The first-order valence-corrected chi connectivity index (χ1v) is 15.6. The molecule has 5 rings (SSSR count). The van der Waals surface area contributed by atoms with Crippen LogP contribution in [0.1, 0.15) is 32.3 Å². The van der Waals surface area contributed by atoms with Gasteiger partial charge in [-0.05, 0) is 77.9 Å². The van der Waals surface area contributed by atoms with Crippen molar-refractivity contribution in [2.75, 3.05) is 10.6 Å². The number of anilines is 2. The Balaban J connectivity index is 1.34. The van der Waals surface area contributed by atoms with Crippen LogP contribution in [0.15, 0.2) is 138 Å². The summed E-state index contributed by atoms with van der Waals surface area (Å²) in [6.45, 7) is 0. The topological polar surface area (TPSA) is 100 Å². The van der Waals surface area contributed by atoms with Gasteiger partial charge in [-0.1, -0.05) is 66.2 Å². The average Bonchev–Trinajstić information content (AvgIpc) is 3.09. The number of nitrogens with one attached hydrogen (secondary N) is 3. The molecule has 0 aliphatic carbocycles. The molecule has 5 aromatic rings. The maximum absolute atomic E-state index is 13.7. The van der Waals surface area contributed by atoms with Crippen LogP contribution in [-0.4, -0.2) is 22.7 Å². The normalized spacial score (nSPS) is 12.1. The molecule has 1 aromatic heterocycles. The molecule has 0 aliphatic rings. The van der Waals surface area contributed by atoms with Crippen molar-refractivity contribution < 1.29 is 27.6 Å². The second-order valence-electron chi connectivity index (χ2n) is 10.2. The number of thioether (sulfide) groups is 1. The smallest absolute Gasteiger partial charge is 0.324 e. The van der Waals surface area contributed by atoms with Crippen LogP contribution in [0, 0.1) is 0 Å². The van der Waals surface area contributed by atoms with Crippen molar-refractivity contribution >= 4 is 58.5 Å². The van der Waals surface area contributed by atoms with Crippen LogP contribution >= 0.6 is 23.4 Å². The second-order valence-corrected chi connectivity index (χ2v) is 11.8. The first kappa shape index (κ1) is 34.0. The first-order valence-electron chi connectivity index (χ1n) is 14.4. The predicted molar refractivity (Wildman–Crippen MR) is 181 cm³/mol. The number of pyridine rings is 1. The van der Waals surface area contributed by atoms with E-state index in [4.69, 9.17) is 11.6 Å². The lowest BCUT2D eigenvalue weighted by molar-refractivity contribution is -0.137. The van der Waals surface area contributed by atoms with Gasteiger partial charge in [-0.2, -0.15) is 13.2 Å². The Kier molecular flexibility index (Phi) is 10.9. The lowest BCUT2D eigenvalue weighted by atomic mass is 10.1. The molecule has 7 nitrogen and oxygen atoms in total. The number of alkyl halides is 3. The highest BCUT2D eigenvalue weighted by Gasteiger charge is 2.35. The zero-order valence-corrected chi connectivity index (χ0v) is 26.4. The molecule has 4 aromatic carbocycles. The summed E-state index contributed by atoms with van der Waals surface area (Å²) in [6, 6.07) is 30.2. The van der Waals surface area contributed by atoms with Crippen molar-refractivity contribution in [2.24, 2.45) is 0 Å². The summed E-state index contributed by atoms with van der Waals surface area (Å²) < 4.78 is 41.1. The van der Waals surface area contributed by atoms with Crippen molar-refractivity contribution in [3.63, 3.8) is 0 Å². The minimum atomic E-state index is -4.74. The van der Waals surface area contributed by atoms with E-state index in [9.17, 15) is 27.6 Å². The fourth-order valence-electron chi connectivity index (χ4n) is 4.48. The van der Waals surface area contributed by atoms with E-state index >= 15 is 0 Å². The molecule has 0 spiro atoms. The van der Waals surface area contributed by atoms with E-state index in [0.717, 1.165) is 23.9 Å². The molecule has 12 heteroatoms. The molecule has 48 heavy (non-hydrogen) atoms. The van der Waals surface area contributed by atoms with Crippen molar-refractivity contribution in [1.29, 1.82) is 0 Å². The Morgan fingerprint density at radius 2 is 1.50 bits per heavy atom. The molecule has 0 fully saturated rings. The van der Waals surface area contributed by atoms with E-state index < -0.39 is 40.4 Å². The van der Waals surface area contributed by atoms with E-state index in [-0.39, 0.29) is 10.7 Å². The summed E-state index contributed by atoms with van der Waals surface area (Å²) in [7, 11) is 0. The third kappa shape index (κ3) is 9.11. The molecule has 0 saturated carbocycles. The molecule has 0 saturated heterocycles. The van der Waals surface area contributed by atoms with E-state index in [1.807, 2.05) is 0 Å². The number of carbonyl (C=O) groups is 3. The van der Waals surface area contributed by atoms with Crippen LogP contribution in [0.25, 0.3) is 6.08 Å². The number of carbonyl (C=O) groups excluding carboxylic acids is 3. The number of amides is 3. The summed E-state index contributed by atoms with van der Waals surface area (Å²) in [5.74, 6) is -1.73. The molecular formula is C36H26ClF3N4O3S. The molecule has 3 N–H and O–H groups in total. The summed E-state index contributed by atoms with van der Waals surface area (Å²) in [5, 5.41) is 6.81. The fourth-order valence-corrected chi connectivity index (χ4v) is 5.68. The molecule has 1 heterocycles.